The van der Waals surface area contributed by atoms with E-state index < -0.39 is 24.4 Å². The van der Waals surface area contributed by atoms with Crippen LogP contribution in [0.5, 0.6) is 5.75 Å². The number of ether oxygens (including phenoxy) is 2. The molecule has 0 aromatic heterocycles. The first-order chi connectivity index (χ1) is 13.0. The van der Waals surface area contributed by atoms with Crippen molar-refractivity contribution in [2.75, 3.05) is 24.3 Å². The van der Waals surface area contributed by atoms with Crippen LogP contribution in [0.3, 0.4) is 0 Å². The highest BCUT2D eigenvalue weighted by Crippen LogP contribution is 2.26. The molecule has 0 aliphatic rings. The summed E-state index contributed by atoms with van der Waals surface area (Å²) in [7, 11) is 0. The van der Waals surface area contributed by atoms with Gasteiger partial charge in [-0.1, -0.05) is 30.3 Å². The van der Waals surface area contributed by atoms with E-state index in [1.54, 1.807) is 36.4 Å². The van der Waals surface area contributed by atoms with Crippen molar-refractivity contribution in [1.82, 2.24) is 0 Å². The maximum Gasteiger partial charge on any atom is 0.344 e. The van der Waals surface area contributed by atoms with Gasteiger partial charge in [0, 0.05) is 4.90 Å². The summed E-state index contributed by atoms with van der Waals surface area (Å²) in [4.78, 5) is 35.4. The van der Waals surface area contributed by atoms with Crippen molar-refractivity contribution in [2.24, 2.45) is 5.73 Å². The fraction of sp³-hybridized carbons (Fsp3) is 0.211. The number of anilines is 1. The second kappa shape index (κ2) is 10.2. The average Bonchev–Trinajstić information content (AvgIpc) is 2.65. The molecule has 0 fully saturated rings. The second-order valence-corrected chi connectivity index (χ2v) is 6.53. The molecule has 0 aliphatic heterocycles. The van der Waals surface area contributed by atoms with E-state index in [9.17, 15) is 14.4 Å². The van der Waals surface area contributed by atoms with Crippen molar-refractivity contribution in [3.05, 3.63) is 54.1 Å². The minimum atomic E-state index is -0.648. The molecule has 0 heterocycles. The Hall–Kier alpha value is -3.00. The van der Waals surface area contributed by atoms with E-state index >= 15 is 0 Å². The summed E-state index contributed by atoms with van der Waals surface area (Å²) in [6, 6.07) is 14.2. The average molecular weight is 388 g/mol. The fourth-order valence-corrected chi connectivity index (χ4v) is 2.82. The van der Waals surface area contributed by atoms with Crippen LogP contribution in [0.25, 0.3) is 0 Å². The molecule has 2 rings (SSSR count). The first-order valence-corrected chi connectivity index (χ1v) is 9.08. The molecule has 0 aliphatic carbocycles. The van der Waals surface area contributed by atoms with Gasteiger partial charge in [-0.2, -0.15) is 0 Å². The van der Waals surface area contributed by atoms with Gasteiger partial charge in [0.15, 0.2) is 13.2 Å². The smallest absolute Gasteiger partial charge is 0.344 e. The van der Waals surface area contributed by atoms with E-state index in [2.05, 4.69) is 5.32 Å². The van der Waals surface area contributed by atoms with E-state index in [1.807, 2.05) is 19.1 Å². The molecule has 0 saturated heterocycles. The molecule has 2 amide bonds. The van der Waals surface area contributed by atoms with Gasteiger partial charge in [0.2, 0.25) is 5.91 Å². The van der Waals surface area contributed by atoms with Crippen LogP contribution in [-0.4, -0.2) is 36.8 Å². The maximum absolute atomic E-state index is 12.0. The summed E-state index contributed by atoms with van der Waals surface area (Å²) in [6.07, 6.45) is 0. The molecular weight excluding hydrogens is 368 g/mol. The SMILES string of the molecule is Cc1ccccc1OCC(=O)OCC(=O)Nc1ccccc1SCC(N)=O. The standard InChI is InChI=1S/C19H20N2O5S/c1-13-6-2-4-8-15(13)25-11-19(24)26-10-18(23)21-14-7-3-5-9-16(14)27-12-17(20)22/h2-9H,10-12H2,1H3,(H2,20,22)(H,21,23). The molecule has 2 aromatic carbocycles. The number of carbonyl (C=O) groups is 3. The van der Waals surface area contributed by atoms with Crippen molar-refractivity contribution in [3.8, 4) is 5.75 Å². The van der Waals surface area contributed by atoms with Gasteiger partial charge in [-0.05, 0) is 30.7 Å². The monoisotopic (exact) mass is 388 g/mol. The van der Waals surface area contributed by atoms with Gasteiger partial charge in [0.05, 0.1) is 11.4 Å². The lowest BCUT2D eigenvalue weighted by Crippen LogP contribution is -2.24. The van der Waals surface area contributed by atoms with E-state index in [4.69, 9.17) is 15.2 Å². The summed E-state index contributed by atoms with van der Waals surface area (Å²) in [5.41, 5.74) is 6.55. The van der Waals surface area contributed by atoms with Crippen molar-refractivity contribution in [1.29, 1.82) is 0 Å². The number of nitrogens with one attached hydrogen (secondary N) is 1. The number of primary amides is 1. The number of para-hydroxylation sites is 2. The van der Waals surface area contributed by atoms with E-state index in [1.165, 1.54) is 11.8 Å². The van der Waals surface area contributed by atoms with Gasteiger partial charge >= 0.3 is 5.97 Å². The zero-order valence-electron chi connectivity index (χ0n) is 14.8. The predicted octanol–water partition coefficient (Wildman–Crippen LogP) is 2.13. The Labute approximate surface area is 161 Å². The molecule has 27 heavy (non-hydrogen) atoms. The number of hydrogen-bond donors (Lipinski definition) is 2. The van der Waals surface area contributed by atoms with E-state index in [-0.39, 0.29) is 12.4 Å². The number of nitrogens with two attached hydrogens (primary N) is 1. The van der Waals surface area contributed by atoms with Gasteiger partial charge in [-0.25, -0.2) is 4.79 Å². The number of benzene rings is 2. The molecule has 7 nitrogen and oxygen atoms in total. The van der Waals surface area contributed by atoms with Crippen LogP contribution in [0.1, 0.15) is 5.56 Å². The number of amides is 2. The zero-order chi connectivity index (χ0) is 19.6. The quantitative estimate of drug-likeness (QED) is 0.503. The van der Waals surface area contributed by atoms with Crippen molar-refractivity contribution in [3.63, 3.8) is 0 Å². The van der Waals surface area contributed by atoms with Crippen LogP contribution in [0.2, 0.25) is 0 Å². The van der Waals surface area contributed by atoms with Crippen molar-refractivity contribution in [2.45, 2.75) is 11.8 Å². The zero-order valence-corrected chi connectivity index (χ0v) is 15.6. The molecule has 0 unspecified atom stereocenters. The normalized spacial score (nSPS) is 10.1. The number of aryl methyl sites for hydroxylation is 1. The molecule has 8 heteroatoms. The summed E-state index contributed by atoms with van der Waals surface area (Å²) < 4.78 is 10.3. The summed E-state index contributed by atoms with van der Waals surface area (Å²) in [5.74, 6) is -0.919. The summed E-state index contributed by atoms with van der Waals surface area (Å²) >= 11 is 1.21. The predicted molar refractivity (Wildman–Crippen MR) is 103 cm³/mol. The Kier molecular flexibility index (Phi) is 7.69. The lowest BCUT2D eigenvalue weighted by atomic mass is 10.2. The van der Waals surface area contributed by atoms with Crippen LogP contribution in [-0.2, 0) is 19.1 Å². The van der Waals surface area contributed by atoms with Crippen molar-refractivity contribution >= 4 is 35.2 Å². The van der Waals surface area contributed by atoms with Gasteiger partial charge < -0.3 is 20.5 Å². The molecule has 0 saturated carbocycles. The highest BCUT2D eigenvalue weighted by atomic mass is 32.2. The highest BCUT2D eigenvalue weighted by Gasteiger charge is 2.12. The third kappa shape index (κ3) is 7.02. The van der Waals surface area contributed by atoms with Crippen LogP contribution in [0.15, 0.2) is 53.4 Å². The number of hydrogen-bond acceptors (Lipinski definition) is 6. The third-order valence-corrected chi connectivity index (χ3v) is 4.43. The molecule has 0 bridgehead atoms. The van der Waals surface area contributed by atoms with Gasteiger partial charge in [0.1, 0.15) is 5.75 Å². The maximum atomic E-state index is 12.0. The largest absolute Gasteiger partial charge is 0.482 e. The van der Waals surface area contributed by atoms with Gasteiger partial charge in [-0.15, -0.1) is 11.8 Å². The Morgan fingerprint density at radius 3 is 2.48 bits per heavy atom. The first kappa shape index (κ1) is 20.3. The van der Waals surface area contributed by atoms with Gasteiger partial charge in [0.25, 0.3) is 5.91 Å². The molecule has 2 aromatic rings. The number of carbonyl (C=O) groups excluding carboxylic acids is 3. The molecule has 0 radical (unpaired) electrons. The first-order valence-electron chi connectivity index (χ1n) is 8.09. The minimum absolute atomic E-state index is 0.0953. The molecule has 0 spiro atoms. The lowest BCUT2D eigenvalue weighted by molar-refractivity contribution is -0.149. The number of esters is 1. The summed E-state index contributed by atoms with van der Waals surface area (Å²) in [6.45, 7) is 1.13. The lowest BCUT2D eigenvalue weighted by Gasteiger charge is -2.11. The van der Waals surface area contributed by atoms with E-state index in [0.29, 0.717) is 16.3 Å². The fourth-order valence-electron chi connectivity index (χ4n) is 2.07. The van der Waals surface area contributed by atoms with Crippen LogP contribution >= 0.6 is 11.8 Å². The molecule has 3 N–H and O–H groups in total. The Morgan fingerprint density at radius 1 is 1.04 bits per heavy atom. The minimum Gasteiger partial charge on any atom is -0.482 e. The van der Waals surface area contributed by atoms with Crippen molar-refractivity contribution < 1.29 is 23.9 Å². The van der Waals surface area contributed by atoms with E-state index in [0.717, 1.165) is 5.56 Å². The number of thioether (sulfide) groups is 1. The van der Waals surface area contributed by atoms with Crippen LogP contribution in [0, 0.1) is 6.92 Å². The van der Waals surface area contributed by atoms with Crippen LogP contribution in [0.4, 0.5) is 5.69 Å². The Morgan fingerprint density at radius 2 is 1.74 bits per heavy atom. The molecule has 0 atom stereocenters. The molecular formula is C19H20N2O5S. The Balaban J connectivity index is 1.80. The van der Waals surface area contributed by atoms with Gasteiger partial charge in [-0.3, -0.25) is 9.59 Å². The van der Waals surface area contributed by atoms with Crippen LogP contribution < -0.4 is 15.8 Å². The summed E-state index contributed by atoms with van der Waals surface area (Å²) in [5, 5.41) is 2.64. The molecule has 142 valence electrons. The second-order valence-electron chi connectivity index (χ2n) is 5.51. The topological polar surface area (TPSA) is 108 Å². The Bertz CT molecular complexity index is 825. The third-order valence-electron chi connectivity index (χ3n) is 3.33. The highest BCUT2D eigenvalue weighted by molar-refractivity contribution is 8.00. The number of rotatable bonds is 9.